The van der Waals surface area contributed by atoms with Crippen molar-refractivity contribution in [3.8, 4) is 5.75 Å². The van der Waals surface area contributed by atoms with E-state index in [9.17, 15) is 14.4 Å². The molecule has 0 heterocycles. The summed E-state index contributed by atoms with van der Waals surface area (Å²) in [5.74, 6) is -2.24. The van der Waals surface area contributed by atoms with Gasteiger partial charge in [0.25, 0.3) is 5.91 Å². The summed E-state index contributed by atoms with van der Waals surface area (Å²) in [6, 6.07) is 6.19. The number of ether oxygens (including phenoxy) is 1. The molecule has 1 rings (SSSR count). The third kappa shape index (κ3) is 3.49. The highest BCUT2D eigenvalue weighted by molar-refractivity contribution is 6.34. The molecule has 1 aromatic carbocycles. The Hall–Kier alpha value is -2.57. The lowest BCUT2D eigenvalue weighted by molar-refractivity contribution is -0.137. The van der Waals surface area contributed by atoms with Crippen LogP contribution in [0.15, 0.2) is 24.3 Å². The molecular weight excluding hydrogens is 226 g/mol. The van der Waals surface area contributed by atoms with Gasteiger partial charge in [-0.15, -0.1) is 0 Å². The van der Waals surface area contributed by atoms with Crippen LogP contribution in [0.25, 0.3) is 0 Å². The van der Waals surface area contributed by atoms with Gasteiger partial charge in [-0.3, -0.25) is 25.2 Å². The molecule has 0 aliphatic carbocycles. The van der Waals surface area contributed by atoms with Crippen LogP contribution in [0.2, 0.25) is 0 Å². The molecule has 7 heteroatoms. The largest absolute Gasteiger partial charge is 0.497 e. The first kappa shape index (κ1) is 12.5. The second-order valence-electron chi connectivity index (χ2n) is 3.00. The fourth-order valence-corrected chi connectivity index (χ4v) is 0.990. The van der Waals surface area contributed by atoms with Crippen LogP contribution in [0, 0.1) is 0 Å². The number of carbonyl (C=O) groups excluding carboxylic acids is 3. The van der Waals surface area contributed by atoms with Gasteiger partial charge in [0.05, 0.1) is 7.11 Å². The van der Waals surface area contributed by atoms with E-state index in [2.05, 4.69) is 5.73 Å². The Morgan fingerprint density at radius 1 is 1.12 bits per heavy atom. The molecule has 0 bridgehead atoms. The average molecular weight is 237 g/mol. The van der Waals surface area contributed by atoms with Gasteiger partial charge in [0, 0.05) is 5.56 Å². The zero-order valence-electron chi connectivity index (χ0n) is 9.02. The number of methoxy groups -OCH3 is 1. The second-order valence-corrected chi connectivity index (χ2v) is 3.00. The topological polar surface area (TPSA) is 111 Å². The Morgan fingerprint density at radius 3 is 2.18 bits per heavy atom. The minimum absolute atomic E-state index is 0.301. The van der Waals surface area contributed by atoms with Gasteiger partial charge >= 0.3 is 11.8 Å². The molecule has 4 N–H and O–H groups in total. The van der Waals surface area contributed by atoms with Crippen LogP contribution in [-0.4, -0.2) is 24.8 Å². The summed E-state index contributed by atoms with van der Waals surface area (Å²) in [6.07, 6.45) is 0. The van der Waals surface area contributed by atoms with Crippen molar-refractivity contribution < 1.29 is 19.1 Å². The van der Waals surface area contributed by atoms with Gasteiger partial charge in [-0.05, 0) is 24.3 Å². The van der Waals surface area contributed by atoms with Crippen LogP contribution >= 0.6 is 0 Å². The maximum Gasteiger partial charge on any atom is 0.327 e. The van der Waals surface area contributed by atoms with Crippen molar-refractivity contribution in [3.63, 3.8) is 0 Å². The first-order chi connectivity index (χ1) is 8.04. The molecule has 0 aromatic heterocycles. The van der Waals surface area contributed by atoms with Crippen molar-refractivity contribution in [2.24, 2.45) is 5.73 Å². The summed E-state index contributed by atoms with van der Waals surface area (Å²) in [6.45, 7) is 0. The minimum atomic E-state index is -1.18. The number of rotatable bonds is 2. The Bertz CT molecular complexity index is 441. The van der Waals surface area contributed by atoms with Gasteiger partial charge in [-0.1, -0.05) is 0 Å². The number of hydrogen-bond donors (Lipinski definition) is 3. The van der Waals surface area contributed by atoms with E-state index >= 15 is 0 Å². The van der Waals surface area contributed by atoms with Crippen molar-refractivity contribution in [3.05, 3.63) is 29.8 Å². The first-order valence-corrected chi connectivity index (χ1v) is 4.58. The lowest BCUT2D eigenvalue weighted by Crippen LogP contribution is -2.47. The smallest absolute Gasteiger partial charge is 0.327 e. The van der Waals surface area contributed by atoms with E-state index in [1.165, 1.54) is 19.2 Å². The number of primary amides is 1. The van der Waals surface area contributed by atoms with E-state index in [0.29, 0.717) is 11.3 Å². The van der Waals surface area contributed by atoms with Crippen molar-refractivity contribution in [2.75, 3.05) is 7.11 Å². The molecule has 0 saturated heterocycles. The second kappa shape index (κ2) is 5.50. The maximum atomic E-state index is 11.5. The van der Waals surface area contributed by atoms with Crippen molar-refractivity contribution in [1.82, 2.24) is 10.9 Å². The van der Waals surface area contributed by atoms with E-state index < -0.39 is 17.7 Å². The highest BCUT2D eigenvalue weighted by Gasteiger charge is 2.10. The van der Waals surface area contributed by atoms with E-state index in [-0.39, 0.29) is 0 Å². The Balaban J connectivity index is 2.58. The van der Waals surface area contributed by atoms with Crippen molar-refractivity contribution in [1.29, 1.82) is 0 Å². The molecule has 0 unspecified atom stereocenters. The summed E-state index contributed by atoms with van der Waals surface area (Å²) in [5, 5.41) is 0. The number of nitrogens with two attached hydrogens (primary N) is 1. The maximum absolute atomic E-state index is 11.5. The summed E-state index contributed by atoms with van der Waals surface area (Å²) in [5.41, 5.74) is 8.88. The number of benzene rings is 1. The van der Waals surface area contributed by atoms with Crippen LogP contribution in [0.3, 0.4) is 0 Å². The molecule has 0 aliphatic heterocycles. The van der Waals surface area contributed by atoms with Crippen LogP contribution in [-0.2, 0) is 9.59 Å². The Morgan fingerprint density at radius 2 is 1.71 bits per heavy atom. The van der Waals surface area contributed by atoms with Gasteiger partial charge < -0.3 is 10.5 Å². The number of hydrazine groups is 1. The molecule has 17 heavy (non-hydrogen) atoms. The van der Waals surface area contributed by atoms with Gasteiger partial charge in [0.2, 0.25) is 0 Å². The van der Waals surface area contributed by atoms with Crippen LogP contribution < -0.4 is 21.3 Å². The van der Waals surface area contributed by atoms with Gasteiger partial charge in [-0.25, -0.2) is 0 Å². The lowest BCUT2D eigenvalue weighted by atomic mass is 10.2. The van der Waals surface area contributed by atoms with Gasteiger partial charge in [0.15, 0.2) is 0 Å². The first-order valence-electron chi connectivity index (χ1n) is 4.58. The fourth-order valence-electron chi connectivity index (χ4n) is 0.990. The monoisotopic (exact) mass is 237 g/mol. The summed E-state index contributed by atoms with van der Waals surface area (Å²) in [7, 11) is 1.50. The van der Waals surface area contributed by atoms with E-state index in [1.54, 1.807) is 12.1 Å². The predicted octanol–water partition coefficient (Wildman–Crippen LogP) is -1.06. The molecule has 7 nitrogen and oxygen atoms in total. The van der Waals surface area contributed by atoms with Crippen molar-refractivity contribution >= 4 is 17.7 Å². The number of hydrogen-bond acceptors (Lipinski definition) is 4. The molecular formula is C10H11N3O4. The number of nitrogens with one attached hydrogen (secondary N) is 2. The summed E-state index contributed by atoms with van der Waals surface area (Å²) >= 11 is 0. The average Bonchev–Trinajstić information content (AvgIpc) is 2.35. The number of amides is 3. The summed E-state index contributed by atoms with van der Waals surface area (Å²) in [4.78, 5) is 32.6. The van der Waals surface area contributed by atoms with E-state index in [0.717, 1.165) is 0 Å². The van der Waals surface area contributed by atoms with Crippen LogP contribution in [0.1, 0.15) is 10.4 Å². The zero-order valence-corrected chi connectivity index (χ0v) is 9.02. The normalized spacial score (nSPS) is 9.24. The zero-order chi connectivity index (χ0) is 12.8. The van der Waals surface area contributed by atoms with Gasteiger partial charge in [0.1, 0.15) is 5.75 Å². The molecule has 0 spiro atoms. The molecule has 3 amide bonds. The standard InChI is InChI=1S/C10H11N3O4/c1-17-7-4-2-6(3-5-7)9(15)12-13-10(16)8(11)14/h2-5H,1H3,(H2,11,14)(H,12,15)(H,13,16). The van der Waals surface area contributed by atoms with Crippen LogP contribution in [0.4, 0.5) is 0 Å². The van der Waals surface area contributed by atoms with E-state index in [4.69, 9.17) is 4.74 Å². The van der Waals surface area contributed by atoms with Gasteiger partial charge in [-0.2, -0.15) is 0 Å². The fraction of sp³-hybridized carbons (Fsp3) is 0.100. The third-order valence-corrected chi connectivity index (χ3v) is 1.87. The summed E-state index contributed by atoms with van der Waals surface area (Å²) < 4.78 is 4.92. The highest BCUT2D eigenvalue weighted by Crippen LogP contribution is 2.10. The molecule has 0 saturated carbocycles. The van der Waals surface area contributed by atoms with Crippen LogP contribution in [0.5, 0.6) is 5.75 Å². The Labute approximate surface area is 96.9 Å². The highest BCUT2D eigenvalue weighted by atomic mass is 16.5. The molecule has 0 radical (unpaired) electrons. The van der Waals surface area contributed by atoms with E-state index in [1.807, 2.05) is 10.9 Å². The number of carbonyl (C=O) groups is 3. The predicted molar refractivity (Wildman–Crippen MR) is 57.8 cm³/mol. The molecule has 0 fully saturated rings. The third-order valence-electron chi connectivity index (χ3n) is 1.87. The SMILES string of the molecule is COc1ccc(C(=O)NNC(=O)C(N)=O)cc1. The minimum Gasteiger partial charge on any atom is -0.497 e. The molecule has 90 valence electrons. The molecule has 0 aliphatic rings. The molecule has 1 aromatic rings. The Kier molecular flexibility index (Phi) is 4.04. The molecule has 0 atom stereocenters. The quantitative estimate of drug-likeness (QED) is 0.449. The lowest BCUT2D eigenvalue weighted by Gasteiger charge is -2.05. The van der Waals surface area contributed by atoms with Crippen molar-refractivity contribution in [2.45, 2.75) is 0 Å².